The van der Waals surface area contributed by atoms with E-state index < -0.39 is 11.4 Å². The summed E-state index contributed by atoms with van der Waals surface area (Å²) >= 11 is 0. The molecule has 32 heavy (non-hydrogen) atoms. The first-order valence-corrected chi connectivity index (χ1v) is 10.9. The number of carbonyl (C=O) groups excluding carboxylic acids is 1. The Morgan fingerprint density at radius 2 is 1.84 bits per heavy atom. The largest absolute Gasteiger partial charge is 0.385 e. The number of carbonyl (C=O) groups is 1. The summed E-state index contributed by atoms with van der Waals surface area (Å²) < 4.78 is 16.5. The van der Waals surface area contributed by atoms with Crippen molar-refractivity contribution in [3.05, 3.63) is 65.2 Å². The molecule has 6 heteroatoms. The van der Waals surface area contributed by atoms with Crippen molar-refractivity contribution in [1.29, 1.82) is 5.26 Å². The summed E-state index contributed by atoms with van der Waals surface area (Å²) in [5, 5.41) is 19.9. The summed E-state index contributed by atoms with van der Waals surface area (Å²) in [6, 6.07) is 14.1. The molecule has 0 fully saturated rings. The normalized spacial score (nSPS) is 13.7. The zero-order valence-electron chi connectivity index (χ0n) is 19.2. The predicted octanol–water partition coefficient (Wildman–Crippen LogP) is 5.38. The van der Waals surface area contributed by atoms with Gasteiger partial charge in [-0.3, -0.25) is 4.79 Å². The summed E-state index contributed by atoms with van der Waals surface area (Å²) in [6.45, 7) is 7.72. The van der Waals surface area contributed by atoms with Gasteiger partial charge in [-0.2, -0.15) is 5.26 Å². The van der Waals surface area contributed by atoms with E-state index in [4.69, 9.17) is 0 Å². The summed E-state index contributed by atoms with van der Waals surface area (Å²) in [5.74, 6) is 0.250. The van der Waals surface area contributed by atoms with Crippen LogP contribution in [0.4, 0.5) is 4.39 Å². The number of aliphatic hydroxyl groups is 1. The summed E-state index contributed by atoms with van der Waals surface area (Å²) in [4.78, 5) is 17.0. The van der Waals surface area contributed by atoms with Crippen LogP contribution in [0, 0.1) is 17.1 Å². The van der Waals surface area contributed by atoms with Gasteiger partial charge in [-0.05, 0) is 58.2 Å². The standard InChI is InChI=1S/C26H30FN3O2/c1-25(2,3)30-22-15-18(17-28)14-21(27)24(22)29-23(30)13-9-8-12-20(31)16-26(4,32)19-10-6-5-7-11-19/h5-7,10-11,14-15,32H,8-9,12-13,16H2,1-4H3/t26-/m1/s1. The summed E-state index contributed by atoms with van der Waals surface area (Å²) in [6.07, 6.45) is 2.40. The van der Waals surface area contributed by atoms with Gasteiger partial charge in [0.15, 0.2) is 5.82 Å². The van der Waals surface area contributed by atoms with Crippen molar-refractivity contribution in [1.82, 2.24) is 9.55 Å². The number of unbranched alkanes of at least 4 members (excludes halogenated alkanes) is 1. The van der Waals surface area contributed by atoms with Gasteiger partial charge in [0.2, 0.25) is 0 Å². The summed E-state index contributed by atoms with van der Waals surface area (Å²) in [7, 11) is 0. The minimum atomic E-state index is -1.19. The molecule has 1 atom stereocenters. The molecule has 3 rings (SSSR count). The fourth-order valence-corrected chi connectivity index (χ4v) is 4.14. The van der Waals surface area contributed by atoms with Gasteiger partial charge in [0, 0.05) is 24.8 Å². The number of nitriles is 1. The second kappa shape index (κ2) is 9.22. The molecule has 3 aromatic rings. The van der Waals surface area contributed by atoms with Crippen molar-refractivity contribution in [3.8, 4) is 6.07 Å². The molecule has 5 nitrogen and oxygen atoms in total. The Kier molecular flexibility index (Phi) is 6.80. The molecule has 0 aliphatic carbocycles. The highest BCUT2D eigenvalue weighted by Gasteiger charge is 2.26. The lowest BCUT2D eigenvalue weighted by Crippen LogP contribution is -2.25. The van der Waals surface area contributed by atoms with E-state index in [1.165, 1.54) is 6.07 Å². The first kappa shape index (κ1) is 23.6. The van der Waals surface area contributed by atoms with Crippen LogP contribution in [0.25, 0.3) is 11.0 Å². The van der Waals surface area contributed by atoms with Crippen molar-refractivity contribution in [2.75, 3.05) is 0 Å². The van der Waals surface area contributed by atoms with Gasteiger partial charge in [0.1, 0.15) is 17.1 Å². The Morgan fingerprint density at radius 1 is 1.16 bits per heavy atom. The number of hydrogen-bond donors (Lipinski definition) is 1. The van der Waals surface area contributed by atoms with Crippen LogP contribution in [0.5, 0.6) is 0 Å². The van der Waals surface area contributed by atoms with Gasteiger partial charge in [0.25, 0.3) is 0 Å². The molecule has 1 heterocycles. The Morgan fingerprint density at radius 3 is 2.47 bits per heavy atom. The van der Waals surface area contributed by atoms with E-state index in [9.17, 15) is 19.6 Å². The zero-order chi connectivity index (χ0) is 23.5. The van der Waals surface area contributed by atoms with E-state index in [0.29, 0.717) is 31.2 Å². The minimum absolute atomic E-state index is 0.00730. The first-order chi connectivity index (χ1) is 15.0. The molecular formula is C26H30FN3O2. The molecule has 1 aromatic heterocycles. The van der Waals surface area contributed by atoms with Crippen molar-refractivity contribution in [2.24, 2.45) is 0 Å². The highest BCUT2D eigenvalue weighted by Crippen LogP contribution is 2.29. The SMILES string of the molecule is CC(C)(C)n1c(CCCCC(=O)C[C@@](C)(O)c2ccccc2)nc2c(F)cc(C#N)cc21. The second-order valence-electron chi connectivity index (χ2n) is 9.53. The molecule has 0 aliphatic heterocycles. The van der Waals surface area contributed by atoms with E-state index in [2.05, 4.69) is 4.98 Å². The van der Waals surface area contributed by atoms with Crippen molar-refractivity contribution >= 4 is 16.8 Å². The molecule has 0 aliphatic rings. The molecule has 0 unspecified atom stereocenters. The maximum atomic E-state index is 14.5. The van der Waals surface area contributed by atoms with Crippen LogP contribution in [0.15, 0.2) is 42.5 Å². The van der Waals surface area contributed by atoms with Gasteiger partial charge in [0.05, 0.1) is 22.8 Å². The summed E-state index contributed by atoms with van der Waals surface area (Å²) in [5.41, 5.74) is 0.348. The molecular weight excluding hydrogens is 405 g/mol. The second-order valence-corrected chi connectivity index (χ2v) is 9.53. The van der Waals surface area contributed by atoms with Crippen molar-refractivity contribution in [3.63, 3.8) is 0 Å². The number of halogens is 1. The monoisotopic (exact) mass is 435 g/mol. The number of imidazole rings is 1. The number of aryl methyl sites for hydroxylation is 1. The Balaban J connectivity index is 1.67. The highest BCUT2D eigenvalue weighted by molar-refractivity contribution is 5.80. The van der Waals surface area contributed by atoms with Crippen LogP contribution in [-0.4, -0.2) is 20.4 Å². The lowest BCUT2D eigenvalue weighted by molar-refractivity contribution is -0.123. The average Bonchev–Trinajstić information content (AvgIpc) is 3.11. The van der Waals surface area contributed by atoms with Crippen LogP contribution in [0.1, 0.15) is 70.3 Å². The molecule has 0 saturated heterocycles. The number of aromatic nitrogens is 2. The Labute approximate surface area is 188 Å². The third-order valence-corrected chi connectivity index (χ3v) is 5.63. The van der Waals surface area contributed by atoms with Gasteiger partial charge < -0.3 is 9.67 Å². The number of rotatable bonds is 8. The number of Topliss-reactive ketones (excluding diaryl/α,β-unsaturated/α-hetero) is 1. The maximum absolute atomic E-state index is 14.5. The maximum Gasteiger partial charge on any atom is 0.152 e. The smallest absolute Gasteiger partial charge is 0.152 e. The highest BCUT2D eigenvalue weighted by atomic mass is 19.1. The van der Waals surface area contributed by atoms with Crippen LogP contribution in [-0.2, 0) is 22.4 Å². The molecule has 0 spiro atoms. The quantitative estimate of drug-likeness (QED) is 0.482. The number of benzene rings is 2. The van der Waals surface area contributed by atoms with E-state index >= 15 is 0 Å². The molecule has 0 amide bonds. The third kappa shape index (κ3) is 5.23. The van der Waals surface area contributed by atoms with E-state index in [0.717, 1.165) is 11.4 Å². The number of hydrogen-bond acceptors (Lipinski definition) is 4. The van der Waals surface area contributed by atoms with Crippen molar-refractivity contribution < 1.29 is 14.3 Å². The van der Waals surface area contributed by atoms with Crippen LogP contribution in [0.3, 0.4) is 0 Å². The molecule has 2 aromatic carbocycles. The zero-order valence-corrected chi connectivity index (χ0v) is 19.2. The number of ketones is 1. The molecule has 0 bridgehead atoms. The van der Waals surface area contributed by atoms with Crippen molar-refractivity contribution in [2.45, 2.75) is 70.9 Å². The molecule has 1 N–H and O–H groups in total. The molecule has 0 saturated carbocycles. The van der Waals surface area contributed by atoms with E-state index in [-0.39, 0.29) is 28.8 Å². The molecule has 0 radical (unpaired) electrons. The number of fused-ring (bicyclic) bond motifs is 1. The minimum Gasteiger partial charge on any atom is -0.385 e. The fraction of sp³-hybridized carbons (Fsp3) is 0.423. The van der Waals surface area contributed by atoms with E-state index in [1.807, 2.05) is 61.7 Å². The van der Waals surface area contributed by atoms with Crippen LogP contribution >= 0.6 is 0 Å². The topological polar surface area (TPSA) is 78.9 Å². The van der Waals surface area contributed by atoms with Gasteiger partial charge in [-0.15, -0.1) is 0 Å². The van der Waals surface area contributed by atoms with Gasteiger partial charge >= 0.3 is 0 Å². The third-order valence-electron chi connectivity index (χ3n) is 5.63. The lowest BCUT2D eigenvalue weighted by Gasteiger charge is -2.25. The van der Waals surface area contributed by atoms with Crippen LogP contribution in [0.2, 0.25) is 0 Å². The number of nitrogens with zero attached hydrogens (tertiary/aromatic N) is 3. The predicted molar refractivity (Wildman–Crippen MR) is 123 cm³/mol. The van der Waals surface area contributed by atoms with E-state index in [1.54, 1.807) is 13.0 Å². The first-order valence-electron chi connectivity index (χ1n) is 10.9. The Bertz CT molecular complexity index is 1150. The fourth-order valence-electron chi connectivity index (χ4n) is 4.14. The Hall–Kier alpha value is -3.04. The van der Waals surface area contributed by atoms with Gasteiger partial charge in [-0.1, -0.05) is 30.3 Å². The van der Waals surface area contributed by atoms with Gasteiger partial charge in [-0.25, -0.2) is 9.37 Å². The molecule has 168 valence electrons. The lowest BCUT2D eigenvalue weighted by atomic mass is 9.89. The average molecular weight is 436 g/mol. The van der Waals surface area contributed by atoms with Crippen LogP contribution < -0.4 is 0 Å².